The molecular weight excluding hydrogens is 571 g/mol. The van der Waals surface area contributed by atoms with Crippen LogP contribution in [-0.2, 0) is 6.18 Å². The van der Waals surface area contributed by atoms with E-state index in [0.717, 1.165) is 12.1 Å². The number of fused-ring (bicyclic) bond motifs is 3. The molecule has 1 atom stereocenters. The highest BCUT2D eigenvalue weighted by atomic mass is 35.5. The van der Waals surface area contributed by atoms with Gasteiger partial charge in [-0.2, -0.15) is 13.2 Å². The molecule has 41 heavy (non-hydrogen) atoms. The largest absolute Gasteiger partial charge is 0.416 e. The maximum atomic E-state index is 14.3. The summed E-state index contributed by atoms with van der Waals surface area (Å²) >= 11 is 6.36. The van der Waals surface area contributed by atoms with E-state index in [1.807, 2.05) is 0 Å². The van der Waals surface area contributed by atoms with Crippen LogP contribution in [0.25, 0.3) is 0 Å². The molecule has 2 N–H and O–H groups in total. The third-order valence-corrected chi connectivity index (χ3v) is 7.43. The number of hydrogen-bond acceptors (Lipinski definition) is 4. The van der Waals surface area contributed by atoms with Crippen molar-refractivity contribution in [1.82, 2.24) is 10.2 Å². The summed E-state index contributed by atoms with van der Waals surface area (Å²) in [6.45, 7) is 0.865. The first-order valence-corrected chi connectivity index (χ1v) is 12.8. The molecule has 0 bridgehead atoms. The molecule has 3 aromatic carbocycles. The molecule has 3 aromatic rings. The van der Waals surface area contributed by atoms with E-state index < -0.39 is 52.7 Å². The van der Waals surface area contributed by atoms with Crippen molar-refractivity contribution in [3.8, 4) is 0 Å². The number of amides is 3. The molecule has 0 aliphatic carbocycles. The van der Waals surface area contributed by atoms with Gasteiger partial charge in [-0.05, 0) is 48.9 Å². The van der Waals surface area contributed by atoms with E-state index in [0.29, 0.717) is 31.6 Å². The molecule has 2 heterocycles. The molecule has 1 unspecified atom stereocenters. The SMILES string of the molecule is CN1CCCN(C)c2c(cc(NC(=O)c3cc(F)cc(C(F)(F)F)c3)c3c2C(=O)NC3c2cc(F)ccc2Cl)C1=O. The van der Waals surface area contributed by atoms with E-state index in [1.165, 1.54) is 17.0 Å². The van der Waals surface area contributed by atoms with E-state index in [2.05, 4.69) is 10.6 Å². The van der Waals surface area contributed by atoms with Crippen LogP contribution in [0, 0.1) is 11.6 Å². The van der Waals surface area contributed by atoms with Crippen LogP contribution in [0.15, 0.2) is 42.5 Å². The maximum absolute atomic E-state index is 14.3. The average Bonchev–Trinajstić information content (AvgIpc) is 3.24. The van der Waals surface area contributed by atoms with E-state index in [9.17, 15) is 36.3 Å². The lowest BCUT2D eigenvalue weighted by Crippen LogP contribution is -2.36. The molecule has 5 rings (SSSR count). The summed E-state index contributed by atoms with van der Waals surface area (Å²) < 4.78 is 68.3. The van der Waals surface area contributed by atoms with Crippen molar-refractivity contribution in [2.24, 2.45) is 0 Å². The van der Waals surface area contributed by atoms with Crippen molar-refractivity contribution < 1.29 is 36.3 Å². The quantitative estimate of drug-likeness (QED) is 0.386. The van der Waals surface area contributed by atoms with Crippen LogP contribution < -0.4 is 15.5 Å². The van der Waals surface area contributed by atoms with Crippen LogP contribution in [0.4, 0.5) is 33.3 Å². The van der Waals surface area contributed by atoms with Gasteiger partial charge in [-0.1, -0.05) is 11.6 Å². The third kappa shape index (κ3) is 5.19. The lowest BCUT2D eigenvalue weighted by Gasteiger charge is -2.31. The Kier molecular flexibility index (Phi) is 7.14. The summed E-state index contributed by atoms with van der Waals surface area (Å²) in [5.41, 5.74) is -1.50. The number of alkyl halides is 3. The number of carbonyl (C=O) groups is 3. The summed E-state index contributed by atoms with van der Waals surface area (Å²) in [6, 6.07) is 5.13. The van der Waals surface area contributed by atoms with E-state index in [1.54, 1.807) is 19.0 Å². The number of nitrogens with zero attached hydrogens (tertiary/aromatic N) is 2. The Morgan fingerprint density at radius 1 is 1.00 bits per heavy atom. The van der Waals surface area contributed by atoms with E-state index in [-0.39, 0.29) is 44.7 Å². The second-order valence-electron chi connectivity index (χ2n) is 9.86. The highest BCUT2D eigenvalue weighted by molar-refractivity contribution is 6.31. The van der Waals surface area contributed by atoms with Crippen molar-refractivity contribution >= 4 is 40.7 Å². The zero-order valence-electron chi connectivity index (χ0n) is 21.6. The van der Waals surface area contributed by atoms with Crippen molar-refractivity contribution in [2.75, 3.05) is 37.4 Å². The highest BCUT2D eigenvalue weighted by Crippen LogP contribution is 2.45. The fourth-order valence-electron chi connectivity index (χ4n) is 5.17. The summed E-state index contributed by atoms with van der Waals surface area (Å²) in [4.78, 5) is 43.3. The standard InChI is InChI=1S/C28H22ClF5N4O3/c1-37-6-3-7-38(2)27(41)18-12-20(35-25(39)13-8-14(28(32,33)34)10-16(31)9-13)21-22(24(18)37)26(40)36-23(21)17-11-15(30)4-5-19(17)29/h4-5,8-12,23H,3,6-7H2,1-2H3,(H,35,39)(H,36,40). The van der Waals surface area contributed by atoms with Gasteiger partial charge < -0.3 is 20.4 Å². The molecule has 0 radical (unpaired) electrons. The number of nitrogens with one attached hydrogen (secondary N) is 2. The molecule has 2 aliphatic heterocycles. The van der Waals surface area contributed by atoms with Gasteiger partial charge in [-0.25, -0.2) is 8.78 Å². The second kappa shape index (κ2) is 10.3. The van der Waals surface area contributed by atoms with E-state index in [4.69, 9.17) is 11.6 Å². The second-order valence-corrected chi connectivity index (χ2v) is 10.3. The van der Waals surface area contributed by atoms with Crippen LogP contribution in [0.5, 0.6) is 0 Å². The van der Waals surface area contributed by atoms with Gasteiger partial charge in [0.2, 0.25) is 0 Å². The van der Waals surface area contributed by atoms with E-state index >= 15 is 0 Å². The van der Waals surface area contributed by atoms with Crippen LogP contribution in [0.3, 0.4) is 0 Å². The van der Waals surface area contributed by atoms with Gasteiger partial charge in [0.1, 0.15) is 11.6 Å². The molecule has 0 spiro atoms. The summed E-state index contributed by atoms with van der Waals surface area (Å²) in [7, 11) is 3.26. The number of carbonyl (C=O) groups excluding carboxylic acids is 3. The fraction of sp³-hybridized carbons (Fsp3) is 0.250. The van der Waals surface area contributed by atoms with Gasteiger partial charge in [0, 0.05) is 54.6 Å². The lowest BCUT2D eigenvalue weighted by atomic mass is 9.91. The van der Waals surface area contributed by atoms with Gasteiger partial charge in [0.15, 0.2) is 0 Å². The Balaban J connectivity index is 1.73. The molecule has 0 aromatic heterocycles. The minimum absolute atomic E-state index is 0.0181. The van der Waals surface area contributed by atoms with Gasteiger partial charge in [-0.3, -0.25) is 14.4 Å². The Hall–Kier alpha value is -4.19. The predicted octanol–water partition coefficient (Wildman–Crippen LogP) is 5.63. The minimum Gasteiger partial charge on any atom is -0.373 e. The Morgan fingerprint density at radius 3 is 2.41 bits per heavy atom. The number of rotatable bonds is 3. The average molecular weight is 593 g/mol. The first kappa shape index (κ1) is 28.3. The van der Waals surface area contributed by atoms with Crippen LogP contribution in [0.2, 0.25) is 5.02 Å². The molecule has 0 saturated carbocycles. The van der Waals surface area contributed by atoms with Crippen LogP contribution in [0.1, 0.15) is 60.2 Å². The molecule has 0 saturated heterocycles. The van der Waals surface area contributed by atoms with Gasteiger partial charge in [-0.15, -0.1) is 0 Å². The number of halogens is 6. The molecular formula is C28H22ClF5N4O3. The Morgan fingerprint density at radius 2 is 1.71 bits per heavy atom. The minimum atomic E-state index is -4.92. The zero-order chi connectivity index (χ0) is 29.8. The summed E-state index contributed by atoms with van der Waals surface area (Å²) in [5.74, 6) is -4.16. The Labute approximate surface area is 235 Å². The van der Waals surface area contributed by atoms with Crippen molar-refractivity contribution in [1.29, 1.82) is 0 Å². The predicted molar refractivity (Wildman–Crippen MR) is 141 cm³/mol. The molecule has 3 amide bonds. The highest BCUT2D eigenvalue weighted by Gasteiger charge is 2.40. The number of hydrogen-bond donors (Lipinski definition) is 2. The topological polar surface area (TPSA) is 81.8 Å². The van der Waals surface area contributed by atoms with Gasteiger partial charge in [0.25, 0.3) is 17.7 Å². The Bertz CT molecular complexity index is 1610. The van der Waals surface area contributed by atoms with Crippen molar-refractivity contribution in [3.63, 3.8) is 0 Å². The summed E-state index contributed by atoms with van der Waals surface area (Å²) in [5, 5.41) is 5.29. The van der Waals surface area contributed by atoms with Gasteiger partial charge in [0.05, 0.1) is 28.4 Å². The zero-order valence-corrected chi connectivity index (χ0v) is 22.4. The normalized spacial score (nSPS) is 17.0. The molecule has 7 nitrogen and oxygen atoms in total. The molecule has 2 aliphatic rings. The summed E-state index contributed by atoms with van der Waals surface area (Å²) in [6.07, 6.45) is -4.33. The van der Waals surface area contributed by atoms with Gasteiger partial charge >= 0.3 is 6.18 Å². The van der Waals surface area contributed by atoms with Crippen LogP contribution in [-0.4, -0.2) is 49.8 Å². The molecule has 13 heteroatoms. The smallest absolute Gasteiger partial charge is 0.373 e. The first-order chi connectivity index (χ1) is 19.3. The third-order valence-electron chi connectivity index (χ3n) is 7.08. The number of anilines is 2. The van der Waals surface area contributed by atoms with Crippen molar-refractivity contribution in [2.45, 2.75) is 18.6 Å². The van der Waals surface area contributed by atoms with Crippen molar-refractivity contribution in [3.05, 3.63) is 92.5 Å². The number of benzene rings is 3. The lowest BCUT2D eigenvalue weighted by molar-refractivity contribution is -0.137. The molecule has 0 fully saturated rings. The fourth-order valence-corrected chi connectivity index (χ4v) is 5.39. The monoisotopic (exact) mass is 592 g/mol. The maximum Gasteiger partial charge on any atom is 0.416 e. The first-order valence-electron chi connectivity index (χ1n) is 12.4. The van der Waals surface area contributed by atoms with Crippen LogP contribution >= 0.6 is 11.6 Å². The molecule has 214 valence electrons.